The second-order valence-corrected chi connectivity index (χ2v) is 5.30. The normalized spacial score (nSPS) is 28.3. The first-order valence-electron chi connectivity index (χ1n) is 6.26. The van der Waals surface area contributed by atoms with Crippen LogP contribution in [0, 0.1) is 29.4 Å². The van der Waals surface area contributed by atoms with E-state index in [2.05, 4.69) is 0 Å². The van der Waals surface area contributed by atoms with Gasteiger partial charge >= 0.3 is 5.97 Å². The third-order valence-corrected chi connectivity index (χ3v) is 3.86. The fourth-order valence-corrected chi connectivity index (χ4v) is 2.91. The van der Waals surface area contributed by atoms with Gasteiger partial charge in [0.25, 0.3) is 0 Å². The van der Waals surface area contributed by atoms with Crippen molar-refractivity contribution in [1.82, 2.24) is 0 Å². The zero-order valence-electron chi connectivity index (χ0n) is 10.5. The molecule has 0 bridgehead atoms. The van der Waals surface area contributed by atoms with E-state index in [0.29, 0.717) is 12.8 Å². The molecular weight excluding hydrogens is 254 g/mol. The van der Waals surface area contributed by atoms with Crippen LogP contribution in [0.2, 0.25) is 0 Å². The zero-order valence-corrected chi connectivity index (χ0v) is 10.5. The Morgan fingerprint density at radius 2 is 2.00 bits per heavy atom. The van der Waals surface area contributed by atoms with E-state index in [0.717, 1.165) is 12.1 Å². The minimum absolute atomic E-state index is 0.200. The molecular formula is C14H16F2O3. The molecule has 0 saturated heterocycles. The van der Waals surface area contributed by atoms with Crippen LogP contribution in [0.15, 0.2) is 18.2 Å². The van der Waals surface area contributed by atoms with E-state index < -0.39 is 35.5 Å². The standard InChI is InChI=1S/C14H16F2O3/c1-7-4-9(10(5-7)14(18)19)13(17)8-2-3-11(15)12(16)6-8/h2-3,6-7,9-10,13,17H,4-5H2,1H3,(H,18,19). The monoisotopic (exact) mass is 270 g/mol. The van der Waals surface area contributed by atoms with Crippen molar-refractivity contribution in [3.63, 3.8) is 0 Å². The number of halogens is 2. The Morgan fingerprint density at radius 3 is 2.58 bits per heavy atom. The summed E-state index contributed by atoms with van der Waals surface area (Å²) in [7, 11) is 0. The number of carbonyl (C=O) groups is 1. The number of aliphatic hydroxyl groups excluding tert-OH is 1. The molecule has 1 aromatic rings. The first-order chi connectivity index (χ1) is 8.90. The Bertz CT molecular complexity index is 490. The van der Waals surface area contributed by atoms with Crippen molar-refractivity contribution in [2.45, 2.75) is 25.9 Å². The number of hydrogen-bond acceptors (Lipinski definition) is 2. The van der Waals surface area contributed by atoms with Gasteiger partial charge in [0.2, 0.25) is 0 Å². The minimum Gasteiger partial charge on any atom is -0.481 e. The van der Waals surface area contributed by atoms with Gasteiger partial charge < -0.3 is 10.2 Å². The Balaban J connectivity index is 2.24. The predicted molar refractivity (Wildman–Crippen MR) is 64.3 cm³/mol. The molecule has 1 saturated carbocycles. The van der Waals surface area contributed by atoms with E-state index in [4.69, 9.17) is 5.11 Å². The smallest absolute Gasteiger partial charge is 0.306 e. The van der Waals surface area contributed by atoms with Crippen LogP contribution in [0.4, 0.5) is 8.78 Å². The van der Waals surface area contributed by atoms with Crippen LogP contribution >= 0.6 is 0 Å². The van der Waals surface area contributed by atoms with Crippen LogP contribution in [-0.4, -0.2) is 16.2 Å². The van der Waals surface area contributed by atoms with Crippen LogP contribution in [0.25, 0.3) is 0 Å². The Kier molecular flexibility index (Phi) is 3.85. The molecule has 5 heteroatoms. The molecule has 104 valence electrons. The minimum atomic E-state index is -1.08. The first-order valence-corrected chi connectivity index (χ1v) is 6.26. The third kappa shape index (κ3) is 2.76. The van der Waals surface area contributed by atoms with E-state index in [1.165, 1.54) is 6.07 Å². The summed E-state index contributed by atoms with van der Waals surface area (Å²) in [5, 5.41) is 19.4. The van der Waals surface area contributed by atoms with Gasteiger partial charge in [-0.25, -0.2) is 8.78 Å². The molecule has 1 fully saturated rings. The van der Waals surface area contributed by atoms with Crippen molar-refractivity contribution in [2.24, 2.45) is 17.8 Å². The number of hydrogen-bond donors (Lipinski definition) is 2. The average Bonchev–Trinajstić information content (AvgIpc) is 2.74. The number of carboxylic acid groups (broad SMARTS) is 1. The molecule has 4 unspecified atom stereocenters. The fraction of sp³-hybridized carbons (Fsp3) is 0.500. The van der Waals surface area contributed by atoms with Crippen molar-refractivity contribution >= 4 is 5.97 Å². The molecule has 3 nitrogen and oxygen atoms in total. The van der Waals surface area contributed by atoms with Gasteiger partial charge in [0.1, 0.15) is 0 Å². The van der Waals surface area contributed by atoms with Crippen LogP contribution in [0.5, 0.6) is 0 Å². The lowest BCUT2D eigenvalue weighted by molar-refractivity contribution is -0.144. The molecule has 2 rings (SSSR count). The second-order valence-electron chi connectivity index (χ2n) is 5.30. The largest absolute Gasteiger partial charge is 0.481 e. The predicted octanol–water partition coefficient (Wildman–Crippen LogP) is 2.75. The average molecular weight is 270 g/mol. The molecule has 0 spiro atoms. The Hall–Kier alpha value is -1.49. The summed E-state index contributed by atoms with van der Waals surface area (Å²) in [6, 6.07) is 3.18. The first kappa shape index (κ1) is 13.9. The van der Waals surface area contributed by atoms with Gasteiger partial charge in [0, 0.05) is 5.92 Å². The van der Waals surface area contributed by atoms with E-state index in [-0.39, 0.29) is 11.5 Å². The third-order valence-electron chi connectivity index (χ3n) is 3.86. The molecule has 0 aliphatic heterocycles. The highest BCUT2D eigenvalue weighted by atomic mass is 19.2. The van der Waals surface area contributed by atoms with Gasteiger partial charge in [-0.3, -0.25) is 4.79 Å². The van der Waals surface area contributed by atoms with Crippen LogP contribution in [-0.2, 0) is 4.79 Å². The molecule has 4 atom stereocenters. The van der Waals surface area contributed by atoms with Gasteiger partial charge in [-0.15, -0.1) is 0 Å². The summed E-state index contributed by atoms with van der Waals surface area (Å²) in [5.41, 5.74) is 0.226. The molecule has 0 radical (unpaired) electrons. The van der Waals surface area contributed by atoms with Crippen LogP contribution < -0.4 is 0 Å². The van der Waals surface area contributed by atoms with Gasteiger partial charge in [-0.1, -0.05) is 13.0 Å². The number of rotatable bonds is 3. The molecule has 1 aliphatic carbocycles. The van der Waals surface area contributed by atoms with Gasteiger partial charge in [0.05, 0.1) is 12.0 Å². The van der Waals surface area contributed by atoms with Gasteiger partial charge in [-0.05, 0) is 36.5 Å². The van der Waals surface area contributed by atoms with Gasteiger partial charge in [-0.2, -0.15) is 0 Å². The van der Waals surface area contributed by atoms with E-state index in [1.807, 2.05) is 6.92 Å². The van der Waals surface area contributed by atoms with Crippen molar-refractivity contribution in [3.8, 4) is 0 Å². The summed E-state index contributed by atoms with van der Waals surface area (Å²) < 4.78 is 26.0. The highest BCUT2D eigenvalue weighted by molar-refractivity contribution is 5.71. The van der Waals surface area contributed by atoms with Gasteiger partial charge in [0.15, 0.2) is 11.6 Å². The van der Waals surface area contributed by atoms with E-state index in [9.17, 15) is 18.7 Å². The fourth-order valence-electron chi connectivity index (χ4n) is 2.91. The van der Waals surface area contributed by atoms with Crippen molar-refractivity contribution in [3.05, 3.63) is 35.4 Å². The lowest BCUT2D eigenvalue weighted by Gasteiger charge is -2.22. The molecule has 19 heavy (non-hydrogen) atoms. The van der Waals surface area contributed by atoms with E-state index in [1.54, 1.807) is 0 Å². The number of carboxylic acids is 1. The SMILES string of the molecule is CC1CC(C(=O)O)C(C(O)c2ccc(F)c(F)c2)C1. The highest BCUT2D eigenvalue weighted by Crippen LogP contribution is 2.43. The Morgan fingerprint density at radius 1 is 1.32 bits per heavy atom. The summed E-state index contributed by atoms with van der Waals surface area (Å²) in [5.74, 6) is -3.86. The van der Waals surface area contributed by atoms with E-state index >= 15 is 0 Å². The molecule has 1 aliphatic rings. The molecule has 0 heterocycles. The summed E-state index contributed by atoms with van der Waals surface area (Å²) in [6.07, 6.45) is -0.0149. The van der Waals surface area contributed by atoms with Crippen molar-refractivity contribution in [2.75, 3.05) is 0 Å². The summed E-state index contributed by atoms with van der Waals surface area (Å²) in [4.78, 5) is 11.2. The zero-order chi connectivity index (χ0) is 14.2. The lowest BCUT2D eigenvalue weighted by atomic mass is 9.87. The quantitative estimate of drug-likeness (QED) is 0.888. The molecule has 0 aromatic heterocycles. The van der Waals surface area contributed by atoms with Crippen molar-refractivity contribution < 1.29 is 23.8 Å². The number of benzene rings is 1. The Labute approximate surface area is 109 Å². The van der Waals surface area contributed by atoms with Crippen LogP contribution in [0.3, 0.4) is 0 Å². The number of aliphatic carboxylic acids is 1. The van der Waals surface area contributed by atoms with Crippen LogP contribution in [0.1, 0.15) is 31.4 Å². The molecule has 2 N–H and O–H groups in total. The molecule has 1 aromatic carbocycles. The number of aliphatic hydroxyl groups is 1. The topological polar surface area (TPSA) is 57.5 Å². The lowest BCUT2D eigenvalue weighted by Crippen LogP contribution is -2.24. The second kappa shape index (κ2) is 5.25. The molecule has 0 amide bonds. The summed E-state index contributed by atoms with van der Waals surface area (Å²) >= 11 is 0. The maximum absolute atomic E-state index is 13.2. The highest BCUT2D eigenvalue weighted by Gasteiger charge is 2.41. The maximum Gasteiger partial charge on any atom is 0.306 e. The summed E-state index contributed by atoms with van der Waals surface area (Å²) in [6.45, 7) is 1.92. The maximum atomic E-state index is 13.2. The van der Waals surface area contributed by atoms with Crippen molar-refractivity contribution in [1.29, 1.82) is 0 Å².